The first-order valence-electron chi connectivity index (χ1n) is 4.06. The maximum atomic E-state index is 10.9. The Morgan fingerprint density at radius 1 is 1.43 bits per heavy atom. The van der Waals surface area contributed by atoms with Crippen molar-refractivity contribution in [1.29, 1.82) is 0 Å². The van der Waals surface area contributed by atoms with Crippen LogP contribution in [0.5, 0.6) is 0 Å². The summed E-state index contributed by atoms with van der Waals surface area (Å²) < 4.78 is 18.5. The molecule has 6 heteroatoms. The summed E-state index contributed by atoms with van der Waals surface area (Å²) in [6, 6.07) is 0. The zero-order valence-corrected chi connectivity index (χ0v) is 8.23. The predicted molar refractivity (Wildman–Crippen MR) is 45.4 cm³/mol. The van der Waals surface area contributed by atoms with Crippen molar-refractivity contribution < 1.29 is 28.5 Å². The Morgan fingerprint density at radius 2 is 2.14 bits per heavy atom. The quantitative estimate of drug-likeness (QED) is 0.235. The number of hydrogen-bond acceptors (Lipinski definition) is 6. The molecule has 6 nitrogen and oxygen atoms in total. The minimum absolute atomic E-state index is 0.185. The van der Waals surface area contributed by atoms with E-state index in [0.29, 0.717) is 13.2 Å². The molecule has 0 spiro atoms. The van der Waals surface area contributed by atoms with E-state index in [1.54, 1.807) is 0 Å². The van der Waals surface area contributed by atoms with Crippen molar-refractivity contribution in [3.05, 3.63) is 0 Å². The fourth-order valence-corrected chi connectivity index (χ4v) is 0.623. The monoisotopic (exact) mass is 206 g/mol. The Bertz CT molecular complexity index is 169. The molecular formula is C8H14O6. The molecule has 0 aromatic heterocycles. The van der Waals surface area contributed by atoms with Gasteiger partial charge in [0.1, 0.15) is 6.61 Å². The van der Waals surface area contributed by atoms with Gasteiger partial charge >= 0.3 is 5.97 Å². The molecule has 0 aromatic rings. The molecule has 82 valence electrons. The Hall–Kier alpha value is -1.14. The lowest BCUT2D eigenvalue weighted by molar-refractivity contribution is -0.180. The fraction of sp³-hybridized carbons (Fsp3) is 0.750. The maximum Gasteiger partial charge on any atom is 0.335 e. The zero-order valence-electron chi connectivity index (χ0n) is 8.23. The highest BCUT2D eigenvalue weighted by atomic mass is 16.7. The van der Waals surface area contributed by atoms with Gasteiger partial charge in [0.05, 0.1) is 13.2 Å². The molecule has 0 amide bonds. The molecule has 0 aliphatic heterocycles. The van der Waals surface area contributed by atoms with E-state index in [-0.39, 0.29) is 13.1 Å². The first-order valence-corrected chi connectivity index (χ1v) is 4.06. The molecule has 1 atom stereocenters. The minimum atomic E-state index is -0.883. The van der Waals surface area contributed by atoms with E-state index in [4.69, 9.17) is 9.47 Å². The summed E-state index contributed by atoms with van der Waals surface area (Å²) in [5.74, 6) is -0.588. The number of rotatable bonds is 8. The lowest BCUT2D eigenvalue weighted by Gasteiger charge is -2.10. The number of ether oxygens (including phenoxy) is 4. The summed E-state index contributed by atoms with van der Waals surface area (Å²) in [6.45, 7) is 2.18. The van der Waals surface area contributed by atoms with Gasteiger partial charge in [-0.25, -0.2) is 4.79 Å². The van der Waals surface area contributed by atoms with Crippen LogP contribution < -0.4 is 0 Å². The van der Waals surface area contributed by atoms with Gasteiger partial charge in [0.25, 0.3) is 6.47 Å². The number of esters is 1. The number of carbonyl (C=O) groups is 2. The second-order valence-electron chi connectivity index (χ2n) is 2.34. The molecule has 0 rings (SSSR count). The summed E-state index contributed by atoms with van der Waals surface area (Å²) in [5.41, 5.74) is 0. The van der Waals surface area contributed by atoms with Crippen LogP contribution in [0.15, 0.2) is 0 Å². The van der Waals surface area contributed by atoms with Gasteiger partial charge in [0.2, 0.25) is 6.29 Å². The summed E-state index contributed by atoms with van der Waals surface area (Å²) in [5, 5.41) is 0. The van der Waals surface area contributed by atoms with Crippen LogP contribution in [-0.2, 0) is 28.5 Å². The highest BCUT2D eigenvalue weighted by Crippen LogP contribution is 1.92. The Labute approximate surface area is 82.1 Å². The first kappa shape index (κ1) is 12.9. The van der Waals surface area contributed by atoms with E-state index in [9.17, 15) is 9.59 Å². The second kappa shape index (κ2) is 8.46. The van der Waals surface area contributed by atoms with Gasteiger partial charge in [-0.1, -0.05) is 0 Å². The maximum absolute atomic E-state index is 10.9. The minimum Gasteiger partial charge on any atom is -0.428 e. The van der Waals surface area contributed by atoms with Crippen LogP contribution in [0.25, 0.3) is 0 Å². The summed E-state index contributed by atoms with van der Waals surface area (Å²) in [4.78, 5) is 20.7. The zero-order chi connectivity index (χ0) is 10.8. The van der Waals surface area contributed by atoms with E-state index < -0.39 is 12.3 Å². The average Bonchev–Trinajstić information content (AvgIpc) is 2.13. The molecule has 0 saturated heterocycles. The van der Waals surface area contributed by atoms with Gasteiger partial charge in [-0.15, -0.1) is 0 Å². The highest BCUT2D eigenvalue weighted by molar-refractivity contribution is 5.70. The van der Waals surface area contributed by atoms with Gasteiger partial charge in [-0.05, 0) is 0 Å². The van der Waals surface area contributed by atoms with Crippen molar-refractivity contribution in [3.63, 3.8) is 0 Å². The van der Waals surface area contributed by atoms with E-state index in [1.165, 1.54) is 14.0 Å². The van der Waals surface area contributed by atoms with Crippen LogP contribution in [-0.4, -0.2) is 45.7 Å². The largest absolute Gasteiger partial charge is 0.428 e. The van der Waals surface area contributed by atoms with Crippen LogP contribution in [0.2, 0.25) is 0 Å². The van der Waals surface area contributed by atoms with E-state index >= 15 is 0 Å². The number of hydrogen-bond donors (Lipinski definition) is 0. The Morgan fingerprint density at radius 3 is 2.71 bits per heavy atom. The molecule has 0 heterocycles. The molecule has 0 radical (unpaired) electrons. The number of carbonyl (C=O) groups excluding carboxylic acids is 2. The smallest absolute Gasteiger partial charge is 0.335 e. The molecule has 0 aliphatic rings. The Kier molecular flexibility index (Phi) is 7.77. The van der Waals surface area contributed by atoms with Crippen molar-refractivity contribution >= 4 is 12.4 Å². The van der Waals surface area contributed by atoms with Crippen LogP contribution in [0, 0.1) is 0 Å². The third kappa shape index (κ3) is 7.51. The van der Waals surface area contributed by atoms with Crippen LogP contribution in [0.4, 0.5) is 0 Å². The standard InChI is InChI=1S/C8H14O6/c1-7(13-6-9)14-8(10)5-12-4-3-11-2/h6-7H,3-5H2,1-2H3. The normalized spacial score (nSPS) is 11.9. The van der Waals surface area contributed by atoms with E-state index in [2.05, 4.69) is 9.47 Å². The second-order valence-corrected chi connectivity index (χ2v) is 2.34. The summed E-state index contributed by atoms with van der Waals surface area (Å²) in [7, 11) is 1.53. The van der Waals surface area contributed by atoms with Crippen LogP contribution in [0.1, 0.15) is 6.92 Å². The molecular weight excluding hydrogens is 192 g/mol. The van der Waals surface area contributed by atoms with Crippen LogP contribution in [0.3, 0.4) is 0 Å². The molecule has 0 aliphatic carbocycles. The third-order valence-corrected chi connectivity index (χ3v) is 1.20. The van der Waals surface area contributed by atoms with Crippen LogP contribution >= 0.6 is 0 Å². The summed E-state index contributed by atoms with van der Waals surface area (Å²) in [6.07, 6.45) is -0.883. The predicted octanol–water partition coefficient (Wildman–Crippen LogP) is -0.288. The average molecular weight is 206 g/mol. The van der Waals surface area contributed by atoms with E-state index in [1.807, 2.05) is 0 Å². The van der Waals surface area contributed by atoms with Gasteiger partial charge in [-0.2, -0.15) is 0 Å². The summed E-state index contributed by atoms with van der Waals surface area (Å²) >= 11 is 0. The van der Waals surface area contributed by atoms with Gasteiger partial charge in [-0.3, -0.25) is 4.79 Å². The van der Waals surface area contributed by atoms with Gasteiger partial charge in [0.15, 0.2) is 0 Å². The molecule has 14 heavy (non-hydrogen) atoms. The van der Waals surface area contributed by atoms with Crippen molar-refractivity contribution in [1.82, 2.24) is 0 Å². The van der Waals surface area contributed by atoms with Crippen molar-refractivity contribution in [2.24, 2.45) is 0 Å². The lowest BCUT2D eigenvalue weighted by Crippen LogP contribution is -2.21. The molecule has 0 N–H and O–H groups in total. The van der Waals surface area contributed by atoms with Gasteiger partial charge < -0.3 is 18.9 Å². The molecule has 0 fully saturated rings. The lowest BCUT2D eigenvalue weighted by atomic mass is 10.6. The van der Waals surface area contributed by atoms with Crippen molar-refractivity contribution in [3.8, 4) is 0 Å². The van der Waals surface area contributed by atoms with Crippen molar-refractivity contribution in [2.45, 2.75) is 13.2 Å². The first-order chi connectivity index (χ1) is 6.70. The molecule has 0 bridgehead atoms. The molecule has 1 unspecified atom stereocenters. The Balaban J connectivity index is 3.40. The van der Waals surface area contributed by atoms with Crippen molar-refractivity contribution in [2.75, 3.05) is 26.9 Å². The van der Waals surface area contributed by atoms with Gasteiger partial charge in [0, 0.05) is 14.0 Å². The molecule has 0 saturated carbocycles. The third-order valence-electron chi connectivity index (χ3n) is 1.20. The SMILES string of the molecule is COCCOCC(=O)OC(C)OC=O. The molecule has 0 aromatic carbocycles. The topological polar surface area (TPSA) is 71.1 Å². The highest BCUT2D eigenvalue weighted by Gasteiger charge is 2.08. The number of methoxy groups -OCH3 is 1. The fourth-order valence-electron chi connectivity index (χ4n) is 0.623. The van der Waals surface area contributed by atoms with E-state index in [0.717, 1.165) is 0 Å².